The Morgan fingerprint density at radius 2 is 2.53 bits per heavy atom. The molecule has 0 amide bonds. The number of nitro groups is 1. The average molecular weight is 245 g/mol. The van der Waals surface area contributed by atoms with Crippen LogP contribution in [0.2, 0.25) is 0 Å². The van der Waals surface area contributed by atoms with E-state index in [1.54, 1.807) is 4.90 Å². The Morgan fingerprint density at radius 1 is 1.71 bits per heavy atom. The molecule has 0 saturated carbocycles. The van der Waals surface area contributed by atoms with E-state index in [1.165, 1.54) is 0 Å². The first-order chi connectivity index (χ1) is 8.18. The van der Waals surface area contributed by atoms with Gasteiger partial charge in [0.05, 0.1) is 11.5 Å². The van der Waals surface area contributed by atoms with Crippen molar-refractivity contribution < 1.29 is 14.1 Å². The first kappa shape index (κ1) is 12.1. The number of halogens is 1. The molecule has 1 unspecified atom stereocenters. The zero-order chi connectivity index (χ0) is 12.3. The van der Waals surface area contributed by atoms with Gasteiger partial charge in [0.1, 0.15) is 0 Å². The quantitative estimate of drug-likeness (QED) is 0.450. The zero-order valence-corrected chi connectivity index (χ0v) is 9.52. The largest absolute Gasteiger partial charge is 0.460 e. The molecule has 2 saturated heterocycles. The summed E-state index contributed by atoms with van der Waals surface area (Å²) in [5, 5.41) is 13.2. The highest BCUT2D eigenvalue weighted by Gasteiger charge is 2.29. The maximum Gasteiger partial charge on any atom is 0.460 e. The van der Waals surface area contributed by atoms with E-state index in [1.807, 2.05) is 0 Å². The van der Waals surface area contributed by atoms with Crippen molar-refractivity contribution >= 4 is 0 Å². The monoisotopic (exact) mass is 245 g/mol. The van der Waals surface area contributed by atoms with Crippen LogP contribution in [-0.2, 0) is 4.74 Å². The average Bonchev–Trinajstić information content (AvgIpc) is 2.81. The number of rotatable bonds is 3. The van der Waals surface area contributed by atoms with E-state index in [0.29, 0.717) is 32.2 Å². The lowest BCUT2D eigenvalue weighted by atomic mass is 10.1. The SMILES string of the molecule is O=[N+]([O-])C(F)=C1NCCCN1CC1CCOC1. The number of nitrogens with one attached hydrogen (secondary N) is 1. The van der Waals surface area contributed by atoms with Gasteiger partial charge in [0.2, 0.25) is 5.82 Å². The Kier molecular flexibility index (Phi) is 3.78. The van der Waals surface area contributed by atoms with E-state index in [0.717, 1.165) is 19.4 Å². The van der Waals surface area contributed by atoms with Gasteiger partial charge in [0, 0.05) is 32.2 Å². The first-order valence-corrected chi connectivity index (χ1v) is 5.79. The van der Waals surface area contributed by atoms with Crippen LogP contribution in [0.25, 0.3) is 0 Å². The minimum absolute atomic E-state index is 0.0214. The maximum atomic E-state index is 13.4. The van der Waals surface area contributed by atoms with Crippen LogP contribution in [0.3, 0.4) is 0 Å². The minimum atomic E-state index is -1.29. The van der Waals surface area contributed by atoms with Gasteiger partial charge in [-0.15, -0.1) is 4.39 Å². The predicted molar refractivity (Wildman–Crippen MR) is 58.2 cm³/mol. The van der Waals surface area contributed by atoms with Gasteiger partial charge in [-0.2, -0.15) is 0 Å². The number of ether oxygens (including phenoxy) is 1. The van der Waals surface area contributed by atoms with Crippen molar-refractivity contribution in [3.8, 4) is 0 Å². The summed E-state index contributed by atoms with van der Waals surface area (Å²) in [5.74, 6) is -0.929. The van der Waals surface area contributed by atoms with E-state index >= 15 is 0 Å². The third-order valence-corrected chi connectivity index (χ3v) is 3.07. The lowest BCUT2D eigenvalue weighted by Crippen LogP contribution is -2.43. The van der Waals surface area contributed by atoms with Crippen molar-refractivity contribution in [2.24, 2.45) is 5.92 Å². The van der Waals surface area contributed by atoms with E-state index in [2.05, 4.69) is 5.32 Å². The third kappa shape index (κ3) is 2.85. The van der Waals surface area contributed by atoms with Crippen LogP contribution in [0.1, 0.15) is 12.8 Å². The molecule has 0 aromatic heterocycles. The highest BCUT2D eigenvalue weighted by molar-refractivity contribution is 5.02. The molecule has 0 aromatic rings. The second kappa shape index (κ2) is 5.31. The van der Waals surface area contributed by atoms with Crippen LogP contribution in [0, 0.1) is 16.0 Å². The number of hydrogen-bond donors (Lipinski definition) is 1. The van der Waals surface area contributed by atoms with E-state index in [4.69, 9.17) is 4.74 Å². The highest BCUT2D eigenvalue weighted by atomic mass is 19.1. The molecule has 2 fully saturated rings. The van der Waals surface area contributed by atoms with E-state index < -0.39 is 10.9 Å². The minimum Gasteiger partial charge on any atom is -0.381 e. The standard InChI is InChI=1S/C10H16FN3O3/c11-9(14(15)16)10-12-3-1-4-13(10)6-8-2-5-17-7-8/h8,12H,1-7H2. The molecule has 6 nitrogen and oxygen atoms in total. The summed E-state index contributed by atoms with van der Waals surface area (Å²) in [6.07, 6.45) is 1.80. The molecule has 0 aromatic carbocycles. The molecular formula is C10H16FN3O3. The maximum absolute atomic E-state index is 13.4. The first-order valence-electron chi connectivity index (χ1n) is 5.79. The molecule has 0 aliphatic carbocycles. The van der Waals surface area contributed by atoms with Gasteiger partial charge >= 0.3 is 5.95 Å². The second-order valence-electron chi connectivity index (χ2n) is 4.35. The molecule has 2 aliphatic heterocycles. The van der Waals surface area contributed by atoms with Crippen molar-refractivity contribution in [1.82, 2.24) is 10.2 Å². The third-order valence-electron chi connectivity index (χ3n) is 3.07. The molecule has 2 heterocycles. The van der Waals surface area contributed by atoms with Gasteiger partial charge in [-0.05, 0) is 12.8 Å². The molecule has 1 atom stereocenters. The summed E-state index contributed by atoms with van der Waals surface area (Å²) < 4.78 is 18.6. The summed E-state index contributed by atoms with van der Waals surface area (Å²) in [6.45, 7) is 3.23. The molecule has 7 heteroatoms. The number of nitrogens with zero attached hydrogens (tertiary/aromatic N) is 2. The normalized spacial score (nSPS) is 27.8. The summed E-state index contributed by atoms with van der Waals surface area (Å²) in [7, 11) is 0. The zero-order valence-electron chi connectivity index (χ0n) is 9.52. The van der Waals surface area contributed by atoms with Crippen molar-refractivity contribution in [2.45, 2.75) is 12.8 Å². The Balaban J connectivity index is 2.06. The molecule has 96 valence electrons. The van der Waals surface area contributed by atoms with Crippen molar-refractivity contribution in [1.29, 1.82) is 0 Å². The smallest absolute Gasteiger partial charge is 0.381 e. The molecule has 0 bridgehead atoms. The molecule has 0 radical (unpaired) electrons. The van der Waals surface area contributed by atoms with Crippen LogP contribution < -0.4 is 5.32 Å². The van der Waals surface area contributed by atoms with Crippen molar-refractivity contribution in [3.63, 3.8) is 0 Å². The molecule has 2 rings (SSSR count). The van der Waals surface area contributed by atoms with Crippen LogP contribution >= 0.6 is 0 Å². The molecule has 0 spiro atoms. The van der Waals surface area contributed by atoms with E-state index in [-0.39, 0.29) is 5.82 Å². The van der Waals surface area contributed by atoms with Gasteiger partial charge in [-0.25, -0.2) is 0 Å². The lowest BCUT2D eigenvalue weighted by molar-refractivity contribution is -0.450. The summed E-state index contributed by atoms with van der Waals surface area (Å²) in [5.41, 5.74) is 0. The Labute approximate surface area is 98.6 Å². The Morgan fingerprint density at radius 3 is 3.18 bits per heavy atom. The van der Waals surface area contributed by atoms with Crippen LogP contribution in [-0.4, -0.2) is 42.7 Å². The summed E-state index contributed by atoms with van der Waals surface area (Å²) >= 11 is 0. The van der Waals surface area contributed by atoms with Crippen molar-refractivity contribution in [3.05, 3.63) is 21.9 Å². The lowest BCUT2D eigenvalue weighted by Gasteiger charge is -2.32. The Hall–Kier alpha value is -1.37. The summed E-state index contributed by atoms with van der Waals surface area (Å²) in [4.78, 5) is 11.2. The Bertz CT molecular complexity index is 329. The second-order valence-corrected chi connectivity index (χ2v) is 4.35. The summed E-state index contributed by atoms with van der Waals surface area (Å²) in [6, 6.07) is 0. The molecule has 2 aliphatic rings. The van der Waals surface area contributed by atoms with Gasteiger partial charge < -0.3 is 15.0 Å². The molecule has 1 N–H and O–H groups in total. The van der Waals surface area contributed by atoms with Gasteiger partial charge in [-0.1, -0.05) is 0 Å². The molecular weight excluding hydrogens is 229 g/mol. The van der Waals surface area contributed by atoms with Crippen LogP contribution in [0.5, 0.6) is 0 Å². The van der Waals surface area contributed by atoms with Gasteiger partial charge in [0.15, 0.2) is 0 Å². The topological polar surface area (TPSA) is 67.6 Å². The molecule has 17 heavy (non-hydrogen) atoms. The fraction of sp³-hybridized carbons (Fsp3) is 0.800. The van der Waals surface area contributed by atoms with Crippen molar-refractivity contribution in [2.75, 3.05) is 32.8 Å². The van der Waals surface area contributed by atoms with Gasteiger partial charge in [-0.3, -0.25) is 10.1 Å². The van der Waals surface area contributed by atoms with Gasteiger partial charge in [0.25, 0.3) is 0 Å². The predicted octanol–water partition coefficient (Wildman–Crippen LogP) is 0.691. The van der Waals surface area contributed by atoms with Crippen LogP contribution in [0.15, 0.2) is 11.8 Å². The van der Waals surface area contributed by atoms with E-state index in [9.17, 15) is 14.5 Å². The number of hydrogen-bond acceptors (Lipinski definition) is 5. The highest BCUT2D eigenvalue weighted by Crippen LogP contribution is 2.20. The fourth-order valence-electron chi connectivity index (χ4n) is 2.21. The fourth-order valence-corrected chi connectivity index (χ4v) is 2.21. The van der Waals surface area contributed by atoms with Crippen LogP contribution in [0.4, 0.5) is 4.39 Å².